The predicted molar refractivity (Wildman–Crippen MR) is 95.8 cm³/mol. The van der Waals surface area contributed by atoms with E-state index in [2.05, 4.69) is 15.0 Å². The molecule has 0 aromatic carbocycles. The van der Waals surface area contributed by atoms with Gasteiger partial charge in [0.25, 0.3) is 0 Å². The third-order valence-corrected chi connectivity index (χ3v) is 6.12. The number of esters is 1. The zero-order valence-corrected chi connectivity index (χ0v) is 16.0. The number of halogens is 1. The maximum atomic E-state index is 13.2. The van der Waals surface area contributed by atoms with Crippen molar-refractivity contribution in [2.75, 3.05) is 26.7 Å². The van der Waals surface area contributed by atoms with Gasteiger partial charge in [0.05, 0.1) is 13.2 Å². The molecule has 26 heavy (non-hydrogen) atoms. The lowest BCUT2D eigenvalue weighted by molar-refractivity contribution is 0.0563. The zero-order valence-electron chi connectivity index (χ0n) is 14.3. The minimum atomic E-state index is -3.85. The molecule has 0 saturated carbocycles. The first-order valence-corrected chi connectivity index (χ1v) is 9.20. The first-order valence-electron chi connectivity index (χ1n) is 7.76. The van der Waals surface area contributed by atoms with Gasteiger partial charge in [-0.25, -0.2) is 13.2 Å². The van der Waals surface area contributed by atoms with Crippen LogP contribution in [0.5, 0.6) is 0 Å². The number of piperazine rings is 1. The van der Waals surface area contributed by atoms with Crippen LogP contribution in [0.15, 0.2) is 39.9 Å². The summed E-state index contributed by atoms with van der Waals surface area (Å²) in [5.74, 6) is -0.691. The van der Waals surface area contributed by atoms with E-state index >= 15 is 0 Å². The summed E-state index contributed by atoms with van der Waals surface area (Å²) < 4.78 is 37.7. The van der Waals surface area contributed by atoms with E-state index in [1.54, 1.807) is 18.5 Å². The zero-order chi connectivity index (χ0) is 18.0. The number of pyridine rings is 1. The van der Waals surface area contributed by atoms with Crippen molar-refractivity contribution in [2.24, 2.45) is 0 Å². The molecule has 3 heterocycles. The molecule has 1 saturated heterocycles. The number of sulfonamides is 1. The normalized spacial score (nSPS) is 18.2. The molecule has 0 amide bonds. The molecular formula is C16H20ClN3O5S. The van der Waals surface area contributed by atoms with Crippen molar-refractivity contribution >= 4 is 28.4 Å². The summed E-state index contributed by atoms with van der Waals surface area (Å²) in [6.07, 6.45) is 3.30. The summed E-state index contributed by atoms with van der Waals surface area (Å²) in [6, 6.07) is 4.45. The van der Waals surface area contributed by atoms with Gasteiger partial charge >= 0.3 is 5.97 Å². The Kier molecular flexibility index (Phi) is 6.40. The van der Waals surface area contributed by atoms with E-state index in [1.807, 2.05) is 6.07 Å². The second-order valence-electron chi connectivity index (χ2n) is 5.64. The van der Waals surface area contributed by atoms with Crippen molar-refractivity contribution in [3.63, 3.8) is 0 Å². The number of hydrogen-bond donors (Lipinski definition) is 1. The van der Waals surface area contributed by atoms with Gasteiger partial charge in [-0.05, 0) is 18.6 Å². The molecule has 1 aliphatic heterocycles. The van der Waals surface area contributed by atoms with Crippen LogP contribution in [0.1, 0.15) is 27.9 Å². The van der Waals surface area contributed by atoms with Crippen molar-refractivity contribution < 1.29 is 22.4 Å². The molecule has 0 radical (unpaired) electrons. The molecular weight excluding hydrogens is 382 g/mol. The summed E-state index contributed by atoms with van der Waals surface area (Å²) >= 11 is 0. The van der Waals surface area contributed by atoms with E-state index in [0.29, 0.717) is 19.6 Å². The second-order valence-corrected chi connectivity index (χ2v) is 7.50. The fourth-order valence-electron chi connectivity index (χ4n) is 2.88. The number of carbonyl (C=O) groups is 1. The molecule has 8 nitrogen and oxygen atoms in total. The number of ether oxygens (including phenoxy) is 1. The van der Waals surface area contributed by atoms with Gasteiger partial charge in [0, 0.05) is 38.1 Å². The topological polar surface area (TPSA) is 102 Å². The molecule has 1 N–H and O–H groups in total. The van der Waals surface area contributed by atoms with E-state index in [4.69, 9.17) is 4.42 Å². The highest BCUT2D eigenvalue weighted by Crippen LogP contribution is 2.31. The fourth-order valence-corrected chi connectivity index (χ4v) is 4.66. The third kappa shape index (κ3) is 3.75. The quantitative estimate of drug-likeness (QED) is 0.775. The molecule has 1 aliphatic rings. The van der Waals surface area contributed by atoms with Crippen LogP contribution in [0.2, 0.25) is 0 Å². The van der Waals surface area contributed by atoms with Crippen LogP contribution >= 0.6 is 12.4 Å². The van der Waals surface area contributed by atoms with Crippen molar-refractivity contribution in [2.45, 2.75) is 17.9 Å². The van der Waals surface area contributed by atoms with Gasteiger partial charge in [-0.2, -0.15) is 4.31 Å². The predicted octanol–water partition coefficient (Wildman–Crippen LogP) is 1.53. The largest absolute Gasteiger partial charge is 0.463 e. The lowest BCUT2D eigenvalue weighted by Crippen LogP contribution is -2.48. The Morgan fingerprint density at radius 3 is 2.88 bits per heavy atom. The van der Waals surface area contributed by atoms with Crippen LogP contribution in [0.3, 0.4) is 0 Å². The fraction of sp³-hybridized carbons (Fsp3) is 0.375. The Hall–Kier alpha value is -1.94. The Balaban J connectivity index is 0.00000243. The molecule has 0 aliphatic carbocycles. The van der Waals surface area contributed by atoms with Gasteiger partial charge in [0.1, 0.15) is 10.7 Å². The number of hydrogen-bond acceptors (Lipinski definition) is 7. The number of methoxy groups -OCH3 is 1. The van der Waals surface area contributed by atoms with Crippen molar-refractivity contribution in [1.29, 1.82) is 0 Å². The summed E-state index contributed by atoms with van der Waals surface area (Å²) in [5, 5.41) is 3.20. The molecule has 1 fully saturated rings. The van der Waals surface area contributed by atoms with Gasteiger partial charge in [-0.3, -0.25) is 4.98 Å². The molecule has 2 aromatic rings. The van der Waals surface area contributed by atoms with Gasteiger partial charge < -0.3 is 14.5 Å². The van der Waals surface area contributed by atoms with Crippen LogP contribution < -0.4 is 5.32 Å². The molecule has 10 heteroatoms. The molecule has 1 atom stereocenters. The second kappa shape index (κ2) is 8.17. The monoisotopic (exact) mass is 401 g/mol. The third-order valence-electron chi connectivity index (χ3n) is 4.11. The number of furan rings is 1. The Bertz CT molecular complexity index is 869. The Labute approximate surface area is 158 Å². The number of aromatic nitrogens is 1. The van der Waals surface area contributed by atoms with E-state index in [1.165, 1.54) is 24.4 Å². The smallest absolute Gasteiger partial charge is 0.373 e. The minimum Gasteiger partial charge on any atom is -0.463 e. The molecule has 0 spiro atoms. The Morgan fingerprint density at radius 2 is 2.23 bits per heavy atom. The maximum absolute atomic E-state index is 13.2. The van der Waals surface area contributed by atoms with Crippen LogP contribution in [-0.2, 0) is 14.8 Å². The standard InChI is InChI=1S/C16H19N3O5S.ClH/c1-11-15(8-14(24-11)16(20)23-2)25(21,22)19-7-6-18-10-13(19)12-4-3-5-17-9-12;/h3-5,8-9,13,18H,6-7,10H2,1-2H3;1H. The van der Waals surface area contributed by atoms with Crippen LogP contribution in [0.4, 0.5) is 0 Å². The highest BCUT2D eigenvalue weighted by atomic mass is 35.5. The molecule has 2 aromatic heterocycles. The van der Waals surface area contributed by atoms with Gasteiger partial charge in [0.15, 0.2) is 0 Å². The average molecular weight is 402 g/mol. The average Bonchev–Trinajstić information content (AvgIpc) is 3.04. The maximum Gasteiger partial charge on any atom is 0.373 e. The van der Waals surface area contributed by atoms with Crippen molar-refractivity contribution in [1.82, 2.24) is 14.6 Å². The van der Waals surface area contributed by atoms with E-state index in [9.17, 15) is 13.2 Å². The van der Waals surface area contributed by atoms with Crippen LogP contribution in [0.25, 0.3) is 0 Å². The molecule has 0 bridgehead atoms. The molecule has 3 rings (SSSR count). The van der Waals surface area contributed by atoms with Crippen molar-refractivity contribution in [3.8, 4) is 0 Å². The molecule has 142 valence electrons. The number of nitrogens with zero attached hydrogens (tertiary/aromatic N) is 2. The van der Waals surface area contributed by atoms with Gasteiger partial charge in [0.2, 0.25) is 15.8 Å². The first kappa shape index (κ1) is 20.4. The van der Waals surface area contributed by atoms with Gasteiger partial charge in [-0.15, -0.1) is 12.4 Å². The summed E-state index contributed by atoms with van der Waals surface area (Å²) in [5.41, 5.74) is 0.799. The van der Waals surface area contributed by atoms with E-state index in [-0.39, 0.29) is 34.9 Å². The summed E-state index contributed by atoms with van der Waals surface area (Å²) in [7, 11) is -2.64. The summed E-state index contributed by atoms with van der Waals surface area (Å²) in [4.78, 5) is 15.7. The van der Waals surface area contributed by atoms with Gasteiger partial charge in [-0.1, -0.05) is 6.07 Å². The number of nitrogens with one attached hydrogen (secondary N) is 1. The minimum absolute atomic E-state index is 0. The van der Waals surface area contributed by atoms with Crippen molar-refractivity contribution in [3.05, 3.63) is 47.7 Å². The Morgan fingerprint density at radius 1 is 1.46 bits per heavy atom. The number of aryl methyl sites for hydroxylation is 1. The van der Waals surface area contributed by atoms with Crippen LogP contribution in [0, 0.1) is 6.92 Å². The highest BCUT2D eigenvalue weighted by Gasteiger charge is 2.37. The lowest BCUT2D eigenvalue weighted by Gasteiger charge is -2.35. The number of carbonyl (C=O) groups excluding carboxylic acids is 1. The summed E-state index contributed by atoms with van der Waals surface area (Å²) in [6.45, 7) is 2.84. The number of rotatable bonds is 4. The molecule has 1 unspecified atom stereocenters. The van der Waals surface area contributed by atoms with E-state index in [0.717, 1.165) is 5.56 Å². The SMILES string of the molecule is COC(=O)c1cc(S(=O)(=O)N2CCNCC2c2cccnc2)c(C)o1.Cl. The lowest BCUT2D eigenvalue weighted by atomic mass is 10.1. The highest BCUT2D eigenvalue weighted by molar-refractivity contribution is 7.89. The van der Waals surface area contributed by atoms with Crippen LogP contribution in [-0.4, -0.2) is 50.4 Å². The van der Waals surface area contributed by atoms with E-state index < -0.39 is 16.0 Å². The first-order chi connectivity index (χ1) is 11.9.